The van der Waals surface area contributed by atoms with Crippen molar-refractivity contribution in [2.75, 3.05) is 35.0 Å². The Morgan fingerprint density at radius 2 is 1.98 bits per heavy atom. The second-order valence-electron chi connectivity index (χ2n) is 10.4. The van der Waals surface area contributed by atoms with Gasteiger partial charge in [0.25, 0.3) is 0 Å². The van der Waals surface area contributed by atoms with Gasteiger partial charge >= 0.3 is 0 Å². The third-order valence-electron chi connectivity index (χ3n) is 7.40. The molecule has 9 nitrogen and oxygen atoms in total. The van der Waals surface area contributed by atoms with Gasteiger partial charge in [0.1, 0.15) is 23.2 Å². The molecule has 5 rings (SSSR count). The van der Waals surface area contributed by atoms with Crippen LogP contribution in [0.4, 0.5) is 26.1 Å². The van der Waals surface area contributed by atoms with E-state index in [1.54, 1.807) is 36.0 Å². The summed E-state index contributed by atoms with van der Waals surface area (Å²) in [6.07, 6.45) is 6.64. The molecule has 1 aliphatic heterocycles. The zero-order chi connectivity index (χ0) is 29.4. The van der Waals surface area contributed by atoms with Crippen LogP contribution in [0, 0.1) is 24.5 Å². The fraction of sp³-hybridized carbons (Fsp3) is 0.379. The quantitative estimate of drug-likeness (QED) is 0.142. The van der Waals surface area contributed by atoms with E-state index in [0.717, 1.165) is 36.1 Å². The molecule has 2 N–H and O–H groups in total. The summed E-state index contributed by atoms with van der Waals surface area (Å²) >= 11 is 1.27. The molecule has 216 valence electrons. The number of amidine groups is 1. The molecule has 12 heteroatoms. The molecule has 0 spiro atoms. The third kappa shape index (κ3) is 5.79. The Labute approximate surface area is 242 Å². The molecule has 1 saturated carbocycles. The summed E-state index contributed by atoms with van der Waals surface area (Å²) in [6.45, 7) is 8.67. The lowest BCUT2D eigenvalue weighted by atomic mass is 9.97. The van der Waals surface area contributed by atoms with E-state index in [2.05, 4.69) is 27.2 Å². The highest BCUT2D eigenvalue weighted by Gasteiger charge is 2.35. The van der Waals surface area contributed by atoms with Gasteiger partial charge in [0, 0.05) is 54.9 Å². The SMILES string of the molecule is C=C(/C(=C(\N=C(/C)N(C)c1c(F)cc(SC)cc1F)Nc1cc(C)[nH]n1)C1CC1)c1cnn(C)c1N1CCCC1=O. The summed E-state index contributed by atoms with van der Waals surface area (Å²) in [7, 11) is 3.39. The number of amides is 1. The lowest BCUT2D eigenvalue weighted by Gasteiger charge is -2.23. The number of aliphatic imine (C=N–C) groups is 1. The summed E-state index contributed by atoms with van der Waals surface area (Å²) in [5, 5.41) is 15.0. The van der Waals surface area contributed by atoms with Gasteiger partial charge in [-0.3, -0.25) is 19.5 Å². The van der Waals surface area contributed by atoms with Gasteiger partial charge in [-0.25, -0.2) is 13.8 Å². The molecule has 1 aromatic carbocycles. The van der Waals surface area contributed by atoms with Gasteiger partial charge in [0.2, 0.25) is 5.91 Å². The zero-order valence-corrected chi connectivity index (χ0v) is 24.7. The van der Waals surface area contributed by atoms with Crippen LogP contribution < -0.4 is 15.1 Å². The minimum absolute atomic E-state index is 0.0528. The highest BCUT2D eigenvalue weighted by Crippen LogP contribution is 2.46. The average Bonchev–Trinajstić information content (AvgIpc) is 3.34. The monoisotopic (exact) mass is 580 g/mol. The number of thioether (sulfide) groups is 1. The first-order chi connectivity index (χ1) is 19.6. The number of nitrogens with one attached hydrogen (secondary N) is 2. The molecule has 0 radical (unpaired) electrons. The number of benzene rings is 1. The van der Waals surface area contributed by atoms with Crippen molar-refractivity contribution in [3.05, 3.63) is 65.3 Å². The van der Waals surface area contributed by atoms with Gasteiger partial charge < -0.3 is 10.2 Å². The van der Waals surface area contributed by atoms with Crippen LogP contribution >= 0.6 is 11.8 Å². The molecular weight excluding hydrogens is 546 g/mol. The topological polar surface area (TPSA) is 94.4 Å². The summed E-state index contributed by atoms with van der Waals surface area (Å²) in [5.74, 6) is 0.941. The van der Waals surface area contributed by atoms with Crippen molar-refractivity contribution >= 4 is 46.4 Å². The number of nitrogens with zero attached hydrogens (tertiary/aromatic N) is 6. The van der Waals surface area contributed by atoms with E-state index in [-0.39, 0.29) is 17.5 Å². The van der Waals surface area contributed by atoms with Crippen LogP contribution in [0.2, 0.25) is 0 Å². The number of aryl methyl sites for hydroxylation is 2. The zero-order valence-electron chi connectivity index (χ0n) is 23.9. The van der Waals surface area contributed by atoms with Crippen LogP contribution in [0.25, 0.3) is 5.57 Å². The minimum atomic E-state index is -0.671. The first kappa shape index (κ1) is 28.6. The van der Waals surface area contributed by atoms with E-state index in [4.69, 9.17) is 4.99 Å². The van der Waals surface area contributed by atoms with Gasteiger partial charge in [-0.15, -0.1) is 11.8 Å². The molecule has 0 bridgehead atoms. The highest BCUT2D eigenvalue weighted by atomic mass is 32.2. The summed E-state index contributed by atoms with van der Waals surface area (Å²) in [4.78, 5) is 21.2. The maximum Gasteiger partial charge on any atom is 0.228 e. The Morgan fingerprint density at radius 3 is 2.54 bits per heavy atom. The van der Waals surface area contributed by atoms with E-state index in [0.29, 0.717) is 46.7 Å². The number of hydrogen-bond donors (Lipinski definition) is 2. The predicted octanol–water partition coefficient (Wildman–Crippen LogP) is 5.88. The van der Waals surface area contributed by atoms with Gasteiger partial charge in [-0.05, 0) is 63.0 Å². The number of carbonyl (C=O) groups is 1. The van der Waals surface area contributed by atoms with Gasteiger partial charge in [0.15, 0.2) is 17.5 Å². The van der Waals surface area contributed by atoms with E-state index in [1.807, 2.05) is 20.0 Å². The van der Waals surface area contributed by atoms with Crippen LogP contribution in [0.1, 0.15) is 43.9 Å². The van der Waals surface area contributed by atoms with Crippen LogP contribution in [0.5, 0.6) is 0 Å². The maximum atomic E-state index is 15.0. The number of anilines is 3. The van der Waals surface area contributed by atoms with Gasteiger partial charge in [-0.1, -0.05) is 6.58 Å². The fourth-order valence-electron chi connectivity index (χ4n) is 5.07. The standard InChI is InChI=1S/C29H34F2N8OS/c1-16-12-24(36-35-16)34-28(33-18(3)37(4)27-22(30)13-20(41-6)14-23(27)31)26(19-9-10-19)17(2)21-15-32-38(5)29(21)39-11-7-8-25(39)40/h12-15,19H,2,7-11H2,1,3-6H3,(H2,34,35,36)/b28-26-,33-18+. The fourth-order valence-corrected chi connectivity index (χ4v) is 5.52. The number of allylic oxidation sites excluding steroid dienone is 2. The van der Waals surface area contributed by atoms with Crippen molar-refractivity contribution in [3.8, 4) is 0 Å². The minimum Gasteiger partial charge on any atom is -0.328 e. The van der Waals surface area contributed by atoms with E-state index in [1.165, 1.54) is 28.8 Å². The second-order valence-corrected chi connectivity index (χ2v) is 11.3. The molecule has 1 amide bonds. The van der Waals surface area contributed by atoms with E-state index >= 15 is 8.78 Å². The number of halogens is 2. The van der Waals surface area contributed by atoms with Gasteiger partial charge in [-0.2, -0.15) is 10.2 Å². The molecule has 2 aliphatic rings. The van der Waals surface area contributed by atoms with Crippen molar-refractivity contribution in [1.29, 1.82) is 0 Å². The summed E-state index contributed by atoms with van der Waals surface area (Å²) in [5.41, 5.74) is 2.95. The molecule has 3 heterocycles. The van der Waals surface area contributed by atoms with Crippen LogP contribution in [-0.2, 0) is 11.8 Å². The summed E-state index contributed by atoms with van der Waals surface area (Å²) in [6, 6.07) is 4.48. The van der Waals surface area contributed by atoms with Crippen molar-refractivity contribution in [3.63, 3.8) is 0 Å². The van der Waals surface area contributed by atoms with Crippen LogP contribution in [0.15, 0.2) is 52.3 Å². The second kappa shape index (κ2) is 11.5. The van der Waals surface area contributed by atoms with Crippen molar-refractivity contribution in [2.24, 2.45) is 18.0 Å². The van der Waals surface area contributed by atoms with E-state index in [9.17, 15) is 4.79 Å². The Morgan fingerprint density at radius 1 is 1.27 bits per heavy atom. The molecule has 0 atom stereocenters. The number of hydrogen-bond acceptors (Lipinski definition) is 6. The number of carbonyl (C=O) groups excluding carboxylic acids is 1. The summed E-state index contributed by atoms with van der Waals surface area (Å²) < 4.78 is 31.7. The van der Waals surface area contributed by atoms with Crippen molar-refractivity contribution < 1.29 is 13.6 Å². The van der Waals surface area contributed by atoms with Crippen LogP contribution in [0.3, 0.4) is 0 Å². The molecule has 1 aliphatic carbocycles. The first-order valence-electron chi connectivity index (χ1n) is 13.5. The van der Waals surface area contributed by atoms with Gasteiger partial charge in [0.05, 0.1) is 6.20 Å². The third-order valence-corrected chi connectivity index (χ3v) is 8.11. The molecule has 2 aromatic heterocycles. The molecule has 1 saturated heterocycles. The predicted molar refractivity (Wildman–Crippen MR) is 160 cm³/mol. The number of H-pyrrole nitrogens is 1. The average molecular weight is 581 g/mol. The highest BCUT2D eigenvalue weighted by molar-refractivity contribution is 7.98. The molecule has 0 unspecified atom stereocenters. The molecule has 2 fully saturated rings. The van der Waals surface area contributed by atoms with Crippen molar-refractivity contribution in [2.45, 2.75) is 44.4 Å². The molecule has 41 heavy (non-hydrogen) atoms. The largest absolute Gasteiger partial charge is 0.328 e. The lowest BCUT2D eigenvalue weighted by molar-refractivity contribution is -0.117. The number of rotatable bonds is 9. The Bertz CT molecular complexity index is 1550. The first-order valence-corrected chi connectivity index (χ1v) is 14.7. The van der Waals surface area contributed by atoms with Crippen molar-refractivity contribution in [1.82, 2.24) is 20.0 Å². The molecule has 3 aromatic rings. The normalized spacial score (nSPS) is 16.3. The maximum absolute atomic E-state index is 15.0. The van der Waals surface area contributed by atoms with Crippen LogP contribution in [-0.4, -0.2) is 51.6 Å². The Kier molecular flexibility index (Phi) is 8.03. The molecular formula is C29H34F2N8OS. The lowest BCUT2D eigenvalue weighted by Crippen LogP contribution is -2.27. The smallest absolute Gasteiger partial charge is 0.228 e. The number of aromatic nitrogens is 4. The number of aromatic amines is 1. The Balaban J connectivity index is 1.61. The Hall–Kier alpha value is -3.93. The van der Waals surface area contributed by atoms with E-state index < -0.39 is 11.6 Å².